The molecule has 1 aromatic carbocycles. The van der Waals surface area contributed by atoms with Gasteiger partial charge in [0.25, 0.3) is 5.91 Å². The van der Waals surface area contributed by atoms with Gasteiger partial charge in [0.2, 0.25) is 5.91 Å². The topological polar surface area (TPSA) is 154 Å². The van der Waals surface area contributed by atoms with Crippen LogP contribution >= 0.6 is 0 Å². The fourth-order valence-corrected chi connectivity index (χ4v) is 3.73. The lowest BCUT2D eigenvalue weighted by Crippen LogP contribution is -2.47. The molecule has 1 aliphatic rings. The summed E-state index contributed by atoms with van der Waals surface area (Å²) in [5.41, 5.74) is 1.47. The Kier molecular flexibility index (Phi) is 10.2. The summed E-state index contributed by atoms with van der Waals surface area (Å²) in [6.45, 7) is 11.2. The van der Waals surface area contributed by atoms with Gasteiger partial charge in [-0.15, -0.1) is 0 Å². The highest BCUT2D eigenvalue weighted by Gasteiger charge is 2.22. The molecule has 2 amide bonds. The minimum Gasteiger partial charge on any atom is -0.473 e. The van der Waals surface area contributed by atoms with E-state index >= 15 is 0 Å². The van der Waals surface area contributed by atoms with Crippen LogP contribution in [0.4, 0.5) is 0 Å². The van der Waals surface area contributed by atoms with E-state index in [1.807, 2.05) is 42.8 Å². The summed E-state index contributed by atoms with van der Waals surface area (Å²) in [7, 11) is 0. The average Bonchev–Trinajstić information content (AvgIpc) is 3.20. The largest absolute Gasteiger partial charge is 0.473 e. The molecule has 1 fully saturated rings. The molecule has 0 radical (unpaired) electrons. The summed E-state index contributed by atoms with van der Waals surface area (Å²) in [6.07, 6.45) is 1.91. The number of amides is 2. The first-order chi connectivity index (χ1) is 16.5. The first kappa shape index (κ1) is 27.8. The molecule has 11 nitrogen and oxygen atoms in total. The normalized spacial score (nSPS) is 14.5. The molecule has 0 spiro atoms. The second-order valence-corrected chi connectivity index (χ2v) is 9.05. The SMILES string of the molecule is CC(C)C(=O)NC1CCN(CCNC(=O)c2nn(C(C)C)c3ccccc23)CC1.O=C(O)C(=O)O. The van der Waals surface area contributed by atoms with E-state index in [1.165, 1.54) is 0 Å². The minimum atomic E-state index is -1.82. The first-order valence-electron chi connectivity index (χ1n) is 11.8. The van der Waals surface area contributed by atoms with Gasteiger partial charge in [-0.25, -0.2) is 9.59 Å². The second-order valence-electron chi connectivity index (χ2n) is 9.05. The van der Waals surface area contributed by atoms with Gasteiger partial charge >= 0.3 is 11.9 Å². The van der Waals surface area contributed by atoms with Crippen LogP contribution in [0.3, 0.4) is 0 Å². The van der Waals surface area contributed by atoms with Crippen molar-refractivity contribution in [1.29, 1.82) is 0 Å². The van der Waals surface area contributed by atoms with Gasteiger partial charge < -0.3 is 25.7 Å². The lowest BCUT2D eigenvalue weighted by atomic mass is 10.0. The predicted octanol–water partition coefficient (Wildman–Crippen LogP) is 1.74. The standard InChI is InChI=1S/C22H33N5O2.C2H2O4/c1-15(2)21(28)24-17-9-12-26(13-10-17)14-11-23-22(29)20-18-7-5-6-8-19(18)27(25-20)16(3)4;3-1(4)2(5)6/h5-8,15-17H,9-14H2,1-4H3,(H,23,29)(H,24,28);(H,3,4)(H,5,6). The Bertz CT molecular complexity index is 1030. The monoisotopic (exact) mass is 489 g/mol. The Balaban J connectivity index is 0.000000641. The van der Waals surface area contributed by atoms with E-state index in [9.17, 15) is 9.59 Å². The molecular formula is C24H35N5O6. The van der Waals surface area contributed by atoms with Crippen LogP contribution in [0, 0.1) is 5.92 Å². The van der Waals surface area contributed by atoms with Crippen LogP contribution in [0.15, 0.2) is 24.3 Å². The molecule has 1 aliphatic heterocycles. The summed E-state index contributed by atoms with van der Waals surface area (Å²) >= 11 is 0. The molecule has 35 heavy (non-hydrogen) atoms. The second kappa shape index (κ2) is 12.8. The average molecular weight is 490 g/mol. The number of para-hydroxylation sites is 1. The highest BCUT2D eigenvalue weighted by Crippen LogP contribution is 2.21. The number of likely N-dealkylation sites (tertiary alicyclic amines) is 1. The van der Waals surface area contributed by atoms with Gasteiger partial charge in [-0.3, -0.25) is 14.3 Å². The number of hydrogen-bond acceptors (Lipinski definition) is 6. The molecule has 0 bridgehead atoms. The molecule has 0 saturated carbocycles. The highest BCUT2D eigenvalue weighted by molar-refractivity contribution is 6.27. The van der Waals surface area contributed by atoms with Crippen LogP contribution in [-0.4, -0.2) is 80.9 Å². The summed E-state index contributed by atoms with van der Waals surface area (Å²) < 4.78 is 1.90. The van der Waals surface area contributed by atoms with Crippen molar-refractivity contribution < 1.29 is 29.4 Å². The maximum atomic E-state index is 12.7. The van der Waals surface area contributed by atoms with Crippen LogP contribution in [0.25, 0.3) is 10.9 Å². The summed E-state index contributed by atoms with van der Waals surface area (Å²) in [5, 5.41) is 26.4. The predicted molar refractivity (Wildman–Crippen MR) is 130 cm³/mol. The molecule has 1 aromatic heterocycles. The van der Waals surface area contributed by atoms with Gasteiger partial charge in [0, 0.05) is 49.6 Å². The van der Waals surface area contributed by atoms with Gasteiger partial charge in [0.15, 0.2) is 5.69 Å². The molecule has 1 saturated heterocycles. The van der Waals surface area contributed by atoms with Crippen LogP contribution in [0.5, 0.6) is 0 Å². The maximum Gasteiger partial charge on any atom is 0.414 e. The Hall–Kier alpha value is -3.47. The summed E-state index contributed by atoms with van der Waals surface area (Å²) in [4.78, 5) is 45.1. The Labute approximate surface area is 204 Å². The van der Waals surface area contributed by atoms with Crippen molar-refractivity contribution in [2.24, 2.45) is 5.92 Å². The number of rotatable bonds is 7. The summed E-state index contributed by atoms with van der Waals surface area (Å²) in [6, 6.07) is 8.32. The van der Waals surface area contributed by atoms with Gasteiger partial charge in [-0.1, -0.05) is 32.0 Å². The molecule has 3 rings (SSSR count). The molecule has 2 aromatic rings. The van der Waals surface area contributed by atoms with E-state index in [1.54, 1.807) is 0 Å². The van der Waals surface area contributed by atoms with E-state index in [0.717, 1.165) is 43.4 Å². The van der Waals surface area contributed by atoms with Crippen LogP contribution in [-0.2, 0) is 14.4 Å². The number of aliphatic carboxylic acids is 2. The number of nitrogens with one attached hydrogen (secondary N) is 2. The van der Waals surface area contributed by atoms with Crippen molar-refractivity contribution in [3.8, 4) is 0 Å². The molecular weight excluding hydrogens is 454 g/mol. The zero-order valence-corrected chi connectivity index (χ0v) is 20.7. The number of nitrogens with zero attached hydrogens (tertiary/aromatic N) is 3. The molecule has 192 valence electrons. The van der Waals surface area contributed by atoms with Gasteiger partial charge in [-0.2, -0.15) is 5.10 Å². The lowest BCUT2D eigenvalue weighted by Gasteiger charge is -2.32. The van der Waals surface area contributed by atoms with E-state index in [0.29, 0.717) is 12.2 Å². The molecule has 0 atom stereocenters. The Morgan fingerprint density at radius 2 is 1.63 bits per heavy atom. The number of piperidine rings is 1. The van der Waals surface area contributed by atoms with Crippen LogP contribution in [0.2, 0.25) is 0 Å². The van der Waals surface area contributed by atoms with Crippen molar-refractivity contribution in [3.05, 3.63) is 30.0 Å². The molecule has 2 heterocycles. The third-order valence-corrected chi connectivity index (χ3v) is 5.67. The Morgan fingerprint density at radius 1 is 1.03 bits per heavy atom. The number of carboxylic acids is 2. The van der Waals surface area contributed by atoms with Crippen molar-refractivity contribution in [3.63, 3.8) is 0 Å². The molecule has 11 heteroatoms. The number of aromatic nitrogens is 2. The van der Waals surface area contributed by atoms with Gasteiger partial charge in [0.1, 0.15) is 0 Å². The Morgan fingerprint density at radius 3 is 2.17 bits per heavy atom. The number of hydrogen-bond donors (Lipinski definition) is 4. The summed E-state index contributed by atoms with van der Waals surface area (Å²) in [5.74, 6) is -3.62. The first-order valence-corrected chi connectivity index (χ1v) is 11.8. The minimum absolute atomic E-state index is 0.0264. The number of carbonyl (C=O) groups is 4. The van der Waals surface area contributed by atoms with Crippen molar-refractivity contribution in [2.45, 2.75) is 52.6 Å². The van der Waals surface area contributed by atoms with E-state index < -0.39 is 11.9 Å². The lowest BCUT2D eigenvalue weighted by molar-refractivity contribution is -0.159. The molecule has 4 N–H and O–H groups in total. The van der Waals surface area contributed by atoms with Gasteiger partial charge in [-0.05, 0) is 32.8 Å². The fraction of sp³-hybridized carbons (Fsp3) is 0.542. The smallest absolute Gasteiger partial charge is 0.414 e. The van der Waals surface area contributed by atoms with E-state index in [2.05, 4.69) is 34.5 Å². The zero-order chi connectivity index (χ0) is 26.1. The number of carbonyl (C=O) groups excluding carboxylic acids is 2. The van der Waals surface area contributed by atoms with E-state index in [4.69, 9.17) is 19.8 Å². The third kappa shape index (κ3) is 8.06. The van der Waals surface area contributed by atoms with Crippen molar-refractivity contribution in [1.82, 2.24) is 25.3 Å². The highest BCUT2D eigenvalue weighted by atomic mass is 16.4. The van der Waals surface area contributed by atoms with Crippen LogP contribution < -0.4 is 10.6 Å². The number of benzene rings is 1. The maximum absolute atomic E-state index is 12.7. The third-order valence-electron chi connectivity index (χ3n) is 5.67. The van der Waals surface area contributed by atoms with Crippen molar-refractivity contribution >= 4 is 34.7 Å². The van der Waals surface area contributed by atoms with Gasteiger partial charge in [0.05, 0.1) is 5.52 Å². The number of carboxylic acid groups (broad SMARTS) is 2. The molecule has 0 unspecified atom stereocenters. The zero-order valence-electron chi connectivity index (χ0n) is 20.7. The molecule has 0 aliphatic carbocycles. The van der Waals surface area contributed by atoms with Crippen LogP contribution in [0.1, 0.15) is 57.1 Å². The fourth-order valence-electron chi connectivity index (χ4n) is 3.73. The quantitative estimate of drug-likeness (QED) is 0.429. The van der Waals surface area contributed by atoms with E-state index in [-0.39, 0.29) is 29.8 Å². The number of fused-ring (bicyclic) bond motifs is 1. The van der Waals surface area contributed by atoms with Crippen molar-refractivity contribution in [2.75, 3.05) is 26.2 Å².